The van der Waals surface area contributed by atoms with Crippen LogP contribution in [0.1, 0.15) is 44.6 Å². The third kappa shape index (κ3) is 5.78. The summed E-state index contributed by atoms with van der Waals surface area (Å²) in [7, 11) is 0. The highest BCUT2D eigenvalue weighted by molar-refractivity contribution is 5.17. The molecule has 0 unspecified atom stereocenters. The van der Waals surface area contributed by atoms with Crippen molar-refractivity contribution >= 4 is 0 Å². The molecule has 0 aliphatic heterocycles. The van der Waals surface area contributed by atoms with Gasteiger partial charge in [0, 0.05) is 6.54 Å². The fraction of sp³-hybridized carbons (Fsp3) is 0.571. The summed E-state index contributed by atoms with van der Waals surface area (Å²) in [6.07, 6.45) is 6.21. The number of hydrogen-bond acceptors (Lipinski definition) is 1. The summed E-state index contributed by atoms with van der Waals surface area (Å²) < 4.78 is 25.6. The van der Waals surface area contributed by atoms with E-state index in [0.29, 0.717) is 6.54 Å². The van der Waals surface area contributed by atoms with Gasteiger partial charge in [-0.3, -0.25) is 0 Å². The van der Waals surface area contributed by atoms with Crippen LogP contribution in [-0.4, -0.2) is 6.54 Å². The Morgan fingerprint density at radius 1 is 1.00 bits per heavy atom. The highest BCUT2D eigenvalue weighted by atomic mass is 19.2. The minimum absolute atomic E-state index is 0.602. The van der Waals surface area contributed by atoms with Crippen LogP contribution < -0.4 is 5.32 Å². The molecule has 0 saturated carbocycles. The quantitative estimate of drug-likeness (QED) is 0.678. The predicted molar refractivity (Wildman–Crippen MR) is 66.8 cm³/mol. The first-order valence-electron chi connectivity index (χ1n) is 6.38. The van der Waals surface area contributed by atoms with Gasteiger partial charge in [0.25, 0.3) is 0 Å². The van der Waals surface area contributed by atoms with Gasteiger partial charge in [-0.2, -0.15) is 0 Å². The topological polar surface area (TPSA) is 12.0 Å². The van der Waals surface area contributed by atoms with Crippen molar-refractivity contribution < 1.29 is 8.78 Å². The maximum Gasteiger partial charge on any atom is 0.159 e. The van der Waals surface area contributed by atoms with E-state index in [9.17, 15) is 8.78 Å². The van der Waals surface area contributed by atoms with Gasteiger partial charge in [-0.05, 0) is 30.7 Å². The first kappa shape index (κ1) is 14.1. The largest absolute Gasteiger partial charge is 0.313 e. The van der Waals surface area contributed by atoms with Gasteiger partial charge in [0.1, 0.15) is 0 Å². The minimum Gasteiger partial charge on any atom is -0.313 e. The molecule has 1 nitrogen and oxygen atoms in total. The minimum atomic E-state index is -0.784. The van der Waals surface area contributed by atoms with Crippen molar-refractivity contribution in [2.24, 2.45) is 0 Å². The smallest absolute Gasteiger partial charge is 0.159 e. The third-order valence-electron chi connectivity index (χ3n) is 2.77. The number of unbranched alkanes of at least 4 members (excludes halogenated alkanes) is 4. The lowest BCUT2D eigenvalue weighted by atomic mass is 10.1. The van der Waals surface area contributed by atoms with Gasteiger partial charge < -0.3 is 5.32 Å². The number of halogens is 2. The molecule has 0 aliphatic carbocycles. The fourth-order valence-corrected chi connectivity index (χ4v) is 1.74. The molecule has 1 N–H and O–H groups in total. The van der Waals surface area contributed by atoms with Gasteiger partial charge in [-0.15, -0.1) is 0 Å². The van der Waals surface area contributed by atoms with Crippen molar-refractivity contribution in [1.29, 1.82) is 0 Å². The maximum absolute atomic E-state index is 12.9. The molecule has 0 fully saturated rings. The van der Waals surface area contributed by atoms with E-state index in [1.807, 2.05) is 0 Å². The third-order valence-corrected chi connectivity index (χ3v) is 2.77. The molecule has 17 heavy (non-hydrogen) atoms. The predicted octanol–water partition coefficient (Wildman–Crippen LogP) is 4.02. The Morgan fingerprint density at radius 2 is 1.76 bits per heavy atom. The van der Waals surface area contributed by atoms with Crippen LogP contribution in [0.25, 0.3) is 0 Å². The Kier molecular flexibility index (Phi) is 6.78. The summed E-state index contributed by atoms with van der Waals surface area (Å²) in [6, 6.07) is 4.04. The van der Waals surface area contributed by atoms with Crippen LogP contribution in [0.3, 0.4) is 0 Å². The van der Waals surface area contributed by atoms with Gasteiger partial charge in [-0.25, -0.2) is 8.78 Å². The Hall–Kier alpha value is -0.960. The standard InChI is InChI=1S/C14H21F2N/c1-2-3-4-5-6-9-17-11-12-7-8-13(15)14(16)10-12/h7-8,10,17H,2-6,9,11H2,1H3. The monoisotopic (exact) mass is 241 g/mol. The first-order chi connectivity index (χ1) is 8.24. The molecular formula is C14H21F2N. The summed E-state index contributed by atoms with van der Waals surface area (Å²) >= 11 is 0. The molecule has 0 saturated heterocycles. The first-order valence-corrected chi connectivity index (χ1v) is 6.38. The zero-order valence-corrected chi connectivity index (χ0v) is 10.4. The summed E-state index contributed by atoms with van der Waals surface area (Å²) in [4.78, 5) is 0. The van der Waals surface area contributed by atoms with Crippen LogP contribution in [0.15, 0.2) is 18.2 Å². The zero-order valence-electron chi connectivity index (χ0n) is 10.4. The van der Waals surface area contributed by atoms with Crippen LogP contribution in [0.4, 0.5) is 8.78 Å². The molecule has 0 radical (unpaired) electrons. The zero-order chi connectivity index (χ0) is 12.5. The lowest BCUT2D eigenvalue weighted by molar-refractivity contribution is 0.505. The summed E-state index contributed by atoms with van der Waals surface area (Å²) in [5, 5.41) is 3.24. The SMILES string of the molecule is CCCCCCCNCc1ccc(F)c(F)c1. The number of benzene rings is 1. The molecule has 96 valence electrons. The Bertz CT molecular complexity index is 326. The summed E-state index contributed by atoms with van der Waals surface area (Å²) in [6.45, 7) is 3.73. The second-order valence-electron chi connectivity index (χ2n) is 4.34. The average Bonchev–Trinajstić information content (AvgIpc) is 2.32. The molecule has 0 aliphatic rings. The Morgan fingerprint density at radius 3 is 2.47 bits per heavy atom. The molecule has 0 atom stereocenters. The van der Waals surface area contributed by atoms with E-state index in [1.54, 1.807) is 6.07 Å². The van der Waals surface area contributed by atoms with Crippen LogP contribution in [-0.2, 0) is 6.54 Å². The van der Waals surface area contributed by atoms with Gasteiger partial charge in [0.15, 0.2) is 11.6 Å². The molecule has 3 heteroatoms. The van der Waals surface area contributed by atoms with Crippen LogP contribution >= 0.6 is 0 Å². The number of nitrogens with one attached hydrogen (secondary N) is 1. The van der Waals surface area contributed by atoms with E-state index in [0.717, 1.165) is 18.5 Å². The average molecular weight is 241 g/mol. The Labute approximate surface area is 102 Å². The van der Waals surface area contributed by atoms with Crippen LogP contribution in [0.2, 0.25) is 0 Å². The van der Waals surface area contributed by atoms with Gasteiger partial charge >= 0.3 is 0 Å². The molecule has 1 rings (SSSR count). The molecule has 0 aromatic heterocycles. The van der Waals surface area contributed by atoms with E-state index in [4.69, 9.17) is 0 Å². The van der Waals surface area contributed by atoms with Gasteiger partial charge in [-0.1, -0.05) is 38.7 Å². The molecule has 0 heterocycles. The summed E-state index contributed by atoms with van der Waals surface area (Å²) in [5.74, 6) is -1.56. The number of rotatable bonds is 8. The normalized spacial score (nSPS) is 10.8. The molecule has 1 aromatic carbocycles. The van der Waals surface area contributed by atoms with Crippen molar-refractivity contribution in [3.05, 3.63) is 35.4 Å². The lowest BCUT2D eigenvalue weighted by Gasteiger charge is -2.05. The molecule has 0 amide bonds. The van der Waals surface area contributed by atoms with Crippen molar-refractivity contribution in [3.63, 3.8) is 0 Å². The van der Waals surface area contributed by atoms with Gasteiger partial charge in [0.05, 0.1) is 0 Å². The molecule has 1 aromatic rings. The van der Waals surface area contributed by atoms with Crippen molar-refractivity contribution in [2.75, 3.05) is 6.54 Å². The fourth-order valence-electron chi connectivity index (χ4n) is 1.74. The van der Waals surface area contributed by atoms with E-state index in [2.05, 4.69) is 12.2 Å². The van der Waals surface area contributed by atoms with E-state index >= 15 is 0 Å². The highest BCUT2D eigenvalue weighted by Crippen LogP contribution is 2.08. The van der Waals surface area contributed by atoms with Crippen molar-refractivity contribution in [1.82, 2.24) is 5.32 Å². The second-order valence-corrected chi connectivity index (χ2v) is 4.34. The van der Waals surface area contributed by atoms with Crippen LogP contribution in [0.5, 0.6) is 0 Å². The van der Waals surface area contributed by atoms with E-state index < -0.39 is 11.6 Å². The maximum atomic E-state index is 12.9. The second kappa shape index (κ2) is 8.18. The van der Waals surface area contributed by atoms with E-state index in [-0.39, 0.29) is 0 Å². The Balaban J connectivity index is 2.11. The highest BCUT2D eigenvalue weighted by Gasteiger charge is 2.01. The number of hydrogen-bond donors (Lipinski definition) is 1. The van der Waals surface area contributed by atoms with Crippen LogP contribution in [0, 0.1) is 11.6 Å². The van der Waals surface area contributed by atoms with Gasteiger partial charge in [0.2, 0.25) is 0 Å². The molecule has 0 spiro atoms. The summed E-state index contributed by atoms with van der Waals surface area (Å²) in [5.41, 5.74) is 0.789. The van der Waals surface area contributed by atoms with Crippen molar-refractivity contribution in [3.8, 4) is 0 Å². The van der Waals surface area contributed by atoms with Crippen molar-refractivity contribution in [2.45, 2.75) is 45.6 Å². The molecular weight excluding hydrogens is 220 g/mol. The molecule has 0 bridgehead atoms. The van der Waals surface area contributed by atoms with E-state index in [1.165, 1.54) is 37.8 Å². The lowest BCUT2D eigenvalue weighted by Crippen LogP contribution is -2.14.